The highest BCUT2D eigenvalue weighted by molar-refractivity contribution is 5.85. The standard InChI is InChI=1S/C14H17NO4/c1-3-18-12-7-10-5-6-15(9-14(16)17)11(10)8-13(12)19-4-2/h5-8H,3-4,9H2,1-2H3,(H,16,17). The van der Waals surface area contributed by atoms with Gasteiger partial charge in [-0.1, -0.05) is 0 Å². The molecule has 19 heavy (non-hydrogen) atoms. The number of nitrogens with zero attached hydrogens (tertiary/aromatic N) is 1. The summed E-state index contributed by atoms with van der Waals surface area (Å²) in [5.74, 6) is 0.455. The summed E-state index contributed by atoms with van der Waals surface area (Å²) < 4.78 is 12.8. The van der Waals surface area contributed by atoms with Gasteiger partial charge in [0.2, 0.25) is 0 Å². The molecule has 2 rings (SSSR count). The van der Waals surface area contributed by atoms with Gasteiger partial charge in [0.1, 0.15) is 6.54 Å². The molecule has 0 unspecified atom stereocenters. The number of benzene rings is 1. The zero-order valence-electron chi connectivity index (χ0n) is 11.0. The zero-order chi connectivity index (χ0) is 13.8. The molecule has 1 aromatic heterocycles. The van der Waals surface area contributed by atoms with E-state index in [0.717, 1.165) is 10.9 Å². The average Bonchev–Trinajstić information content (AvgIpc) is 2.72. The van der Waals surface area contributed by atoms with Gasteiger partial charge in [-0.05, 0) is 26.0 Å². The fourth-order valence-electron chi connectivity index (χ4n) is 2.02. The Bertz CT molecular complexity index is 588. The molecule has 0 aliphatic rings. The molecule has 1 heterocycles. The Balaban J connectivity index is 2.49. The van der Waals surface area contributed by atoms with Crippen LogP contribution in [-0.2, 0) is 11.3 Å². The number of carboxylic acid groups (broad SMARTS) is 1. The van der Waals surface area contributed by atoms with Crippen molar-refractivity contribution < 1.29 is 19.4 Å². The first-order valence-corrected chi connectivity index (χ1v) is 6.26. The van der Waals surface area contributed by atoms with Gasteiger partial charge in [-0.3, -0.25) is 4.79 Å². The van der Waals surface area contributed by atoms with Crippen LogP contribution in [0.1, 0.15) is 13.8 Å². The third kappa shape index (κ3) is 2.81. The molecule has 2 aromatic rings. The molecule has 5 heteroatoms. The van der Waals surface area contributed by atoms with Crippen LogP contribution in [0.15, 0.2) is 24.4 Å². The number of rotatable bonds is 6. The molecule has 0 aliphatic carbocycles. The summed E-state index contributed by atoms with van der Waals surface area (Å²) >= 11 is 0. The van der Waals surface area contributed by atoms with Gasteiger partial charge in [-0.25, -0.2) is 0 Å². The Hall–Kier alpha value is -2.17. The van der Waals surface area contributed by atoms with Crippen LogP contribution in [0.4, 0.5) is 0 Å². The van der Waals surface area contributed by atoms with Crippen molar-refractivity contribution >= 4 is 16.9 Å². The minimum Gasteiger partial charge on any atom is -0.490 e. The van der Waals surface area contributed by atoms with Gasteiger partial charge >= 0.3 is 5.97 Å². The summed E-state index contributed by atoms with van der Waals surface area (Å²) in [6, 6.07) is 5.57. The lowest BCUT2D eigenvalue weighted by atomic mass is 10.2. The largest absolute Gasteiger partial charge is 0.490 e. The Morgan fingerprint density at radius 2 is 1.84 bits per heavy atom. The van der Waals surface area contributed by atoms with Crippen molar-refractivity contribution in [3.8, 4) is 11.5 Å². The molecule has 5 nitrogen and oxygen atoms in total. The molecule has 0 bridgehead atoms. The second kappa shape index (κ2) is 5.65. The number of carboxylic acids is 1. The molecular weight excluding hydrogens is 246 g/mol. The van der Waals surface area contributed by atoms with Crippen molar-refractivity contribution in [2.45, 2.75) is 20.4 Å². The van der Waals surface area contributed by atoms with Gasteiger partial charge in [0, 0.05) is 17.6 Å². The Kier molecular flexibility index (Phi) is 3.94. The first kappa shape index (κ1) is 13.3. The van der Waals surface area contributed by atoms with Crippen LogP contribution in [-0.4, -0.2) is 28.9 Å². The summed E-state index contributed by atoms with van der Waals surface area (Å²) in [6.07, 6.45) is 1.75. The number of aliphatic carboxylic acids is 1. The second-order valence-corrected chi connectivity index (χ2v) is 4.06. The molecule has 0 amide bonds. The highest BCUT2D eigenvalue weighted by Crippen LogP contribution is 2.33. The third-order valence-corrected chi connectivity index (χ3v) is 2.74. The van der Waals surface area contributed by atoms with Crippen LogP contribution >= 0.6 is 0 Å². The van der Waals surface area contributed by atoms with E-state index in [0.29, 0.717) is 24.7 Å². The summed E-state index contributed by atoms with van der Waals surface area (Å²) in [4.78, 5) is 10.8. The van der Waals surface area contributed by atoms with Gasteiger partial charge in [-0.15, -0.1) is 0 Å². The number of fused-ring (bicyclic) bond motifs is 1. The lowest BCUT2D eigenvalue weighted by Gasteiger charge is -2.12. The van der Waals surface area contributed by atoms with E-state index >= 15 is 0 Å². The SMILES string of the molecule is CCOc1cc2ccn(CC(=O)O)c2cc1OCC. The topological polar surface area (TPSA) is 60.7 Å². The fourth-order valence-corrected chi connectivity index (χ4v) is 2.02. The highest BCUT2D eigenvalue weighted by Gasteiger charge is 2.11. The molecule has 1 aromatic carbocycles. The van der Waals surface area contributed by atoms with Crippen molar-refractivity contribution in [3.63, 3.8) is 0 Å². The summed E-state index contributed by atoms with van der Waals surface area (Å²) in [7, 11) is 0. The second-order valence-electron chi connectivity index (χ2n) is 4.06. The zero-order valence-corrected chi connectivity index (χ0v) is 11.0. The van der Waals surface area contributed by atoms with E-state index in [-0.39, 0.29) is 6.54 Å². The normalized spacial score (nSPS) is 10.6. The van der Waals surface area contributed by atoms with E-state index in [2.05, 4.69) is 0 Å². The smallest absolute Gasteiger partial charge is 0.323 e. The minimum atomic E-state index is -0.871. The first-order valence-electron chi connectivity index (χ1n) is 6.26. The lowest BCUT2D eigenvalue weighted by Crippen LogP contribution is -2.07. The molecular formula is C14H17NO4. The van der Waals surface area contributed by atoms with Crippen molar-refractivity contribution in [1.82, 2.24) is 4.57 Å². The van der Waals surface area contributed by atoms with Gasteiger partial charge in [0.05, 0.1) is 18.7 Å². The van der Waals surface area contributed by atoms with Crippen LogP contribution < -0.4 is 9.47 Å². The van der Waals surface area contributed by atoms with Gasteiger partial charge in [0.25, 0.3) is 0 Å². The summed E-state index contributed by atoms with van der Waals surface area (Å²) in [5.41, 5.74) is 0.828. The Labute approximate surface area is 111 Å². The predicted molar refractivity (Wildman–Crippen MR) is 71.9 cm³/mol. The van der Waals surface area contributed by atoms with Gasteiger partial charge in [-0.2, -0.15) is 0 Å². The van der Waals surface area contributed by atoms with Crippen LogP contribution in [0.2, 0.25) is 0 Å². The monoisotopic (exact) mass is 263 g/mol. The minimum absolute atomic E-state index is 0.0664. The van der Waals surface area contributed by atoms with Crippen LogP contribution in [0.25, 0.3) is 10.9 Å². The maximum atomic E-state index is 10.8. The maximum Gasteiger partial charge on any atom is 0.323 e. The molecule has 0 fully saturated rings. The van der Waals surface area contributed by atoms with E-state index < -0.39 is 5.97 Å². The average molecular weight is 263 g/mol. The Morgan fingerprint density at radius 3 is 2.42 bits per heavy atom. The molecule has 1 N–H and O–H groups in total. The third-order valence-electron chi connectivity index (χ3n) is 2.74. The lowest BCUT2D eigenvalue weighted by molar-refractivity contribution is -0.137. The summed E-state index contributed by atoms with van der Waals surface area (Å²) in [6.45, 7) is 4.83. The molecule has 0 radical (unpaired) electrons. The van der Waals surface area contributed by atoms with Crippen molar-refractivity contribution in [1.29, 1.82) is 0 Å². The van der Waals surface area contributed by atoms with Crippen molar-refractivity contribution in [2.75, 3.05) is 13.2 Å². The first-order chi connectivity index (χ1) is 9.15. The van der Waals surface area contributed by atoms with E-state index in [4.69, 9.17) is 14.6 Å². The van der Waals surface area contributed by atoms with Crippen molar-refractivity contribution in [3.05, 3.63) is 24.4 Å². The van der Waals surface area contributed by atoms with E-state index in [1.165, 1.54) is 0 Å². The van der Waals surface area contributed by atoms with Crippen LogP contribution in [0.5, 0.6) is 11.5 Å². The predicted octanol–water partition coefficient (Wildman–Crippen LogP) is 2.52. The number of hydrogen-bond donors (Lipinski definition) is 1. The number of hydrogen-bond acceptors (Lipinski definition) is 3. The Morgan fingerprint density at radius 1 is 1.21 bits per heavy atom. The fraction of sp³-hybridized carbons (Fsp3) is 0.357. The van der Waals surface area contributed by atoms with E-state index in [1.807, 2.05) is 32.0 Å². The quantitative estimate of drug-likeness (QED) is 0.870. The maximum absolute atomic E-state index is 10.8. The molecule has 0 atom stereocenters. The summed E-state index contributed by atoms with van der Waals surface area (Å²) in [5, 5.41) is 9.82. The molecule has 0 saturated heterocycles. The van der Waals surface area contributed by atoms with Crippen LogP contribution in [0.3, 0.4) is 0 Å². The number of carbonyl (C=O) groups is 1. The molecule has 102 valence electrons. The van der Waals surface area contributed by atoms with Crippen molar-refractivity contribution in [2.24, 2.45) is 0 Å². The van der Waals surface area contributed by atoms with Gasteiger partial charge in [0.15, 0.2) is 11.5 Å². The number of ether oxygens (including phenoxy) is 2. The highest BCUT2D eigenvalue weighted by atomic mass is 16.5. The molecule has 0 saturated carbocycles. The molecule has 0 spiro atoms. The van der Waals surface area contributed by atoms with E-state index in [1.54, 1.807) is 10.8 Å². The van der Waals surface area contributed by atoms with Gasteiger partial charge < -0.3 is 19.1 Å². The number of aromatic nitrogens is 1. The molecule has 0 aliphatic heterocycles. The van der Waals surface area contributed by atoms with Crippen LogP contribution in [0, 0.1) is 0 Å². The van der Waals surface area contributed by atoms with E-state index in [9.17, 15) is 4.79 Å².